The summed E-state index contributed by atoms with van der Waals surface area (Å²) in [7, 11) is 0. The average Bonchev–Trinajstić information content (AvgIpc) is 3.01. The SMILES string of the molecule is O=C(Nc1ccccc1C(=O)O)NC1CC2CCC1O2. The van der Waals surface area contributed by atoms with Crippen LogP contribution < -0.4 is 10.6 Å². The van der Waals surface area contributed by atoms with Gasteiger partial charge in [0.1, 0.15) is 0 Å². The van der Waals surface area contributed by atoms with Gasteiger partial charge in [0, 0.05) is 0 Å². The summed E-state index contributed by atoms with van der Waals surface area (Å²) < 4.78 is 5.66. The molecule has 2 saturated heterocycles. The van der Waals surface area contributed by atoms with Crippen molar-refractivity contribution < 1.29 is 19.4 Å². The number of carboxylic acid groups (broad SMARTS) is 1. The van der Waals surface area contributed by atoms with Crippen LogP contribution in [-0.2, 0) is 4.74 Å². The summed E-state index contributed by atoms with van der Waals surface area (Å²) in [6, 6.07) is 5.96. The van der Waals surface area contributed by atoms with Crippen LogP contribution in [0.3, 0.4) is 0 Å². The lowest BCUT2D eigenvalue weighted by atomic mass is 9.96. The largest absolute Gasteiger partial charge is 0.478 e. The molecule has 2 heterocycles. The Hall–Kier alpha value is -2.08. The Morgan fingerprint density at radius 3 is 2.70 bits per heavy atom. The number of para-hydroxylation sites is 1. The highest BCUT2D eigenvalue weighted by molar-refractivity contribution is 6.00. The minimum Gasteiger partial charge on any atom is -0.478 e. The topological polar surface area (TPSA) is 87.7 Å². The molecule has 2 aliphatic rings. The Morgan fingerprint density at radius 1 is 1.25 bits per heavy atom. The van der Waals surface area contributed by atoms with Gasteiger partial charge in [-0.2, -0.15) is 0 Å². The van der Waals surface area contributed by atoms with E-state index in [-0.39, 0.29) is 29.8 Å². The third-order valence-corrected chi connectivity index (χ3v) is 3.83. The number of carboxylic acids is 1. The summed E-state index contributed by atoms with van der Waals surface area (Å²) >= 11 is 0. The smallest absolute Gasteiger partial charge is 0.337 e. The second kappa shape index (κ2) is 5.13. The third kappa shape index (κ3) is 2.46. The highest BCUT2D eigenvalue weighted by Gasteiger charge is 2.41. The van der Waals surface area contributed by atoms with E-state index in [1.54, 1.807) is 18.2 Å². The number of benzene rings is 1. The lowest BCUT2D eigenvalue weighted by Gasteiger charge is -2.20. The van der Waals surface area contributed by atoms with Gasteiger partial charge in [-0.25, -0.2) is 9.59 Å². The molecule has 106 valence electrons. The van der Waals surface area contributed by atoms with Gasteiger partial charge in [-0.1, -0.05) is 12.1 Å². The number of urea groups is 1. The molecule has 0 aromatic heterocycles. The van der Waals surface area contributed by atoms with E-state index in [1.165, 1.54) is 6.07 Å². The zero-order valence-corrected chi connectivity index (χ0v) is 10.8. The predicted molar refractivity (Wildman–Crippen MR) is 71.9 cm³/mol. The normalized spacial score (nSPS) is 27.3. The first-order chi connectivity index (χ1) is 9.63. The standard InChI is InChI=1S/C14H16N2O4/c17-13(18)9-3-1-2-4-10(9)15-14(19)16-11-7-8-5-6-12(11)20-8/h1-4,8,11-12H,5-7H2,(H,17,18)(H2,15,16,19). The maximum absolute atomic E-state index is 11.9. The van der Waals surface area contributed by atoms with Gasteiger partial charge >= 0.3 is 12.0 Å². The molecular weight excluding hydrogens is 260 g/mol. The Kier molecular flexibility index (Phi) is 3.31. The fraction of sp³-hybridized carbons (Fsp3) is 0.429. The highest BCUT2D eigenvalue weighted by Crippen LogP contribution is 2.34. The summed E-state index contributed by atoms with van der Waals surface area (Å²) in [5.74, 6) is -1.07. The number of carbonyl (C=O) groups is 2. The maximum Gasteiger partial charge on any atom is 0.337 e. The fourth-order valence-electron chi connectivity index (χ4n) is 2.90. The second-order valence-electron chi connectivity index (χ2n) is 5.17. The van der Waals surface area contributed by atoms with E-state index in [1.807, 2.05) is 0 Å². The van der Waals surface area contributed by atoms with E-state index in [0.29, 0.717) is 5.69 Å². The Balaban J connectivity index is 1.63. The zero-order valence-electron chi connectivity index (χ0n) is 10.8. The average molecular weight is 276 g/mol. The number of amides is 2. The van der Waals surface area contributed by atoms with Gasteiger partial charge in [0.25, 0.3) is 0 Å². The Bertz CT molecular complexity index is 546. The Labute approximate surface area is 116 Å². The van der Waals surface area contributed by atoms with Crippen LogP contribution >= 0.6 is 0 Å². The number of rotatable bonds is 3. The first-order valence-electron chi connectivity index (χ1n) is 6.69. The van der Waals surface area contributed by atoms with Crippen LogP contribution in [0.15, 0.2) is 24.3 Å². The summed E-state index contributed by atoms with van der Waals surface area (Å²) in [4.78, 5) is 23.0. The zero-order chi connectivity index (χ0) is 14.1. The first kappa shape index (κ1) is 12.9. The van der Waals surface area contributed by atoms with E-state index < -0.39 is 5.97 Å². The molecule has 0 saturated carbocycles. The number of fused-ring (bicyclic) bond motifs is 2. The number of carbonyl (C=O) groups excluding carboxylic acids is 1. The van der Waals surface area contributed by atoms with Crippen LogP contribution in [0.5, 0.6) is 0 Å². The van der Waals surface area contributed by atoms with Crippen LogP contribution in [-0.4, -0.2) is 35.4 Å². The van der Waals surface area contributed by atoms with Crippen molar-refractivity contribution in [1.82, 2.24) is 5.32 Å². The van der Waals surface area contributed by atoms with Crippen molar-refractivity contribution in [1.29, 1.82) is 0 Å². The number of hydrogen-bond acceptors (Lipinski definition) is 3. The van der Waals surface area contributed by atoms with Crippen molar-refractivity contribution in [3.8, 4) is 0 Å². The molecule has 3 N–H and O–H groups in total. The lowest BCUT2D eigenvalue weighted by molar-refractivity contribution is 0.0698. The molecule has 1 aromatic carbocycles. The molecule has 6 nitrogen and oxygen atoms in total. The van der Waals surface area contributed by atoms with Crippen molar-refractivity contribution in [2.24, 2.45) is 0 Å². The van der Waals surface area contributed by atoms with E-state index in [2.05, 4.69) is 10.6 Å². The second-order valence-corrected chi connectivity index (χ2v) is 5.17. The molecule has 1 aromatic rings. The van der Waals surface area contributed by atoms with Gasteiger partial charge < -0.3 is 20.5 Å². The quantitative estimate of drug-likeness (QED) is 0.786. The van der Waals surface area contributed by atoms with Crippen LogP contribution in [0.1, 0.15) is 29.6 Å². The molecule has 20 heavy (non-hydrogen) atoms. The maximum atomic E-state index is 11.9. The number of hydrogen-bond donors (Lipinski definition) is 3. The summed E-state index contributed by atoms with van der Waals surface area (Å²) in [6.07, 6.45) is 3.23. The monoisotopic (exact) mass is 276 g/mol. The van der Waals surface area contributed by atoms with Crippen molar-refractivity contribution in [3.05, 3.63) is 29.8 Å². The van der Waals surface area contributed by atoms with E-state index in [9.17, 15) is 9.59 Å². The van der Waals surface area contributed by atoms with Crippen molar-refractivity contribution in [2.75, 3.05) is 5.32 Å². The molecule has 3 rings (SSSR count). The first-order valence-corrected chi connectivity index (χ1v) is 6.69. The van der Waals surface area contributed by atoms with E-state index in [0.717, 1.165) is 19.3 Å². The fourth-order valence-corrected chi connectivity index (χ4v) is 2.90. The number of ether oxygens (including phenoxy) is 1. The molecule has 3 atom stereocenters. The van der Waals surface area contributed by atoms with Crippen molar-refractivity contribution >= 4 is 17.7 Å². The number of aromatic carboxylic acids is 1. The molecule has 2 fully saturated rings. The van der Waals surface area contributed by atoms with Gasteiger partial charge in [0.2, 0.25) is 0 Å². The molecule has 2 amide bonds. The van der Waals surface area contributed by atoms with Gasteiger partial charge in [-0.3, -0.25) is 0 Å². The molecule has 2 aliphatic heterocycles. The molecular formula is C14H16N2O4. The van der Waals surface area contributed by atoms with Gasteiger partial charge in [-0.05, 0) is 31.4 Å². The lowest BCUT2D eigenvalue weighted by Crippen LogP contribution is -2.43. The summed E-state index contributed by atoms with van der Waals surface area (Å²) in [5, 5.41) is 14.5. The van der Waals surface area contributed by atoms with Gasteiger partial charge in [0.05, 0.1) is 29.5 Å². The minimum atomic E-state index is -1.07. The van der Waals surface area contributed by atoms with Crippen LogP contribution in [0.2, 0.25) is 0 Å². The van der Waals surface area contributed by atoms with E-state index >= 15 is 0 Å². The van der Waals surface area contributed by atoms with Crippen LogP contribution in [0, 0.1) is 0 Å². The summed E-state index contributed by atoms with van der Waals surface area (Å²) in [6.45, 7) is 0. The van der Waals surface area contributed by atoms with E-state index in [4.69, 9.17) is 9.84 Å². The molecule has 0 spiro atoms. The van der Waals surface area contributed by atoms with Crippen LogP contribution in [0.25, 0.3) is 0 Å². The highest BCUT2D eigenvalue weighted by atomic mass is 16.5. The van der Waals surface area contributed by atoms with Crippen LogP contribution in [0.4, 0.5) is 10.5 Å². The van der Waals surface area contributed by atoms with Crippen molar-refractivity contribution in [2.45, 2.75) is 37.5 Å². The third-order valence-electron chi connectivity index (χ3n) is 3.83. The van der Waals surface area contributed by atoms with Gasteiger partial charge in [0.15, 0.2) is 0 Å². The predicted octanol–water partition coefficient (Wildman–Crippen LogP) is 1.83. The number of anilines is 1. The Morgan fingerprint density at radius 2 is 2.05 bits per heavy atom. The minimum absolute atomic E-state index is 0.0192. The molecule has 0 aliphatic carbocycles. The van der Waals surface area contributed by atoms with Gasteiger partial charge in [-0.15, -0.1) is 0 Å². The molecule has 2 bridgehead atoms. The molecule has 6 heteroatoms. The molecule has 0 radical (unpaired) electrons. The number of nitrogens with one attached hydrogen (secondary N) is 2. The summed E-state index contributed by atoms with van der Waals surface area (Å²) in [5.41, 5.74) is 0.369. The van der Waals surface area contributed by atoms with Crippen molar-refractivity contribution in [3.63, 3.8) is 0 Å². The molecule has 3 unspecified atom stereocenters.